The summed E-state index contributed by atoms with van der Waals surface area (Å²) in [6, 6.07) is 7.21. The fourth-order valence-electron chi connectivity index (χ4n) is 2.89. The molecule has 2 amide bonds. The summed E-state index contributed by atoms with van der Waals surface area (Å²) in [6.45, 7) is 7.70. The molecule has 28 heavy (non-hydrogen) atoms. The third-order valence-corrected chi connectivity index (χ3v) is 5.28. The third kappa shape index (κ3) is 6.09. The monoisotopic (exact) mass is 404 g/mol. The molecule has 0 spiro atoms. The second-order valence-corrected chi connectivity index (χ2v) is 8.22. The zero-order valence-electron chi connectivity index (χ0n) is 16.8. The molecule has 0 saturated carbocycles. The number of hydrazine groups is 1. The number of carbonyl (C=O) groups excluding carboxylic acids is 2. The van der Waals surface area contributed by atoms with Gasteiger partial charge in [-0.25, -0.2) is 4.98 Å². The second-order valence-electron chi connectivity index (χ2n) is 7.28. The molecule has 0 saturated heterocycles. The molecule has 8 heteroatoms. The number of nitrogens with zero attached hydrogens (tertiary/aromatic N) is 2. The van der Waals surface area contributed by atoms with Gasteiger partial charge in [0.1, 0.15) is 0 Å². The van der Waals surface area contributed by atoms with Crippen LogP contribution in [0.2, 0.25) is 0 Å². The Morgan fingerprint density at radius 1 is 1.14 bits per heavy atom. The Kier molecular flexibility index (Phi) is 8.04. The first-order chi connectivity index (χ1) is 13.3. The minimum Gasteiger partial charge on any atom is -0.284 e. The number of carbonyl (C=O) groups is 2. The van der Waals surface area contributed by atoms with Crippen LogP contribution in [0.3, 0.4) is 0 Å². The minimum absolute atomic E-state index is 0.0238. The average molecular weight is 405 g/mol. The van der Waals surface area contributed by atoms with Crippen LogP contribution in [0.15, 0.2) is 34.2 Å². The van der Waals surface area contributed by atoms with Gasteiger partial charge in [-0.3, -0.25) is 29.8 Å². The molecule has 2 N–H and O–H groups in total. The van der Waals surface area contributed by atoms with Crippen molar-refractivity contribution in [1.29, 1.82) is 0 Å². The summed E-state index contributed by atoms with van der Waals surface area (Å²) in [5.41, 5.74) is 5.11. The highest BCUT2D eigenvalue weighted by molar-refractivity contribution is 7.99. The van der Waals surface area contributed by atoms with Crippen LogP contribution in [0, 0.1) is 5.92 Å². The molecule has 0 fully saturated rings. The molecule has 152 valence electrons. The zero-order chi connectivity index (χ0) is 20.7. The number of fused-ring (bicyclic) bond motifs is 1. The standard InChI is InChI=1S/C20H28N4O3S/c1-13(2)8-7-9-14(3)24-19(27)16-10-5-6-11-17(16)21-20(24)28-12-18(26)23-22-15(4)25/h5-6,10-11,13-14H,7-9,12H2,1-4H3,(H,22,25)(H,23,26)/t14-/m1/s1. The van der Waals surface area contributed by atoms with Crippen LogP contribution in [0.25, 0.3) is 10.9 Å². The lowest BCUT2D eigenvalue weighted by Crippen LogP contribution is -2.41. The van der Waals surface area contributed by atoms with E-state index in [2.05, 4.69) is 29.7 Å². The molecule has 1 aromatic carbocycles. The van der Waals surface area contributed by atoms with Gasteiger partial charge in [-0.2, -0.15) is 0 Å². The lowest BCUT2D eigenvalue weighted by Gasteiger charge is -2.20. The number of hydrogen-bond donors (Lipinski definition) is 2. The predicted octanol–water partition coefficient (Wildman–Crippen LogP) is 3.04. The molecular formula is C20H28N4O3S. The maximum absolute atomic E-state index is 13.1. The molecule has 2 aromatic rings. The Morgan fingerprint density at radius 3 is 2.54 bits per heavy atom. The first-order valence-corrected chi connectivity index (χ1v) is 10.5. The van der Waals surface area contributed by atoms with Crippen molar-refractivity contribution in [2.24, 2.45) is 5.92 Å². The number of amides is 2. The van der Waals surface area contributed by atoms with Crippen LogP contribution in [-0.4, -0.2) is 27.1 Å². The first kappa shape index (κ1) is 21.9. The van der Waals surface area contributed by atoms with Crippen LogP contribution in [0.1, 0.15) is 53.0 Å². The van der Waals surface area contributed by atoms with Gasteiger partial charge in [-0.1, -0.05) is 50.6 Å². The van der Waals surface area contributed by atoms with Gasteiger partial charge >= 0.3 is 0 Å². The highest BCUT2D eigenvalue weighted by atomic mass is 32.2. The summed E-state index contributed by atoms with van der Waals surface area (Å²) < 4.78 is 1.69. The van der Waals surface area contributed by atoms with Gasteiger partial charge < -0.3 is 0 Å². The number of nitrogens with one attached hydrogen (secondary N) is 2. The van der Waals surface area contributed by atoms with Gasteiger partial charge in [0, 0.05) is 13.0 Å². The minimum atomic E-state index is -0.360. The number of thioether (sulfide) groups is 1. The highest BCUT2D eigenvalue weighted by Crippen LogP contribution is 2.24. The summed E-state index contributed by atoms with van der Waals surface area (Å²) in [4.78, 5) is 40.6. The normalized spacial score (nSPS) is 12.2. The van der Waals surface area contributed by atoms with Gasteiger partial charge in [-0.05, 0) is 31.4 Å². The quantitative estimate of drug-likeness (QED) is 0.401. The zero-order valence-corrected chi connectivity index (χ0v) is 17.6. The Morgan fingerprint density at radius 2 is 1.86 bits per heavy atom. The molecule has 1 aromatic heterocycles. The van der Waals surface area contributed by atoms with Gasteiger partial charge in [0.15, 0.2) is 5.16 Å². The summed E-state index contributed by atoms with van der Waals surface area (Å²) in [7, 11) is 0. The average Bonchev–Trinajstić information content (AvgIpc) is 2.64. The fraction of sp³-hybridized carbons (Fsp3) is 0.500. The molecule has 1 heterocycles. The van der Waals surface area contributed by atoms with Crippen molar-refractivity contribution >= 4 is 34.5 Å². The van der Waals surface area contributed by atoms with E-state index in [4.69, 9.17) is 0 Å². The molecule has 0 aliphatic rings. The number of hydrogen-bond acceptors (Lipinski definition) is 5. The number of para-hydroxylation sites is 1. The maximum Gasteiger partial charge on any atom is 0.262 e. The van der Waals surface area contributed by atoms with E-state index in [1.54, 1.807) is 16.7 Å². The second kappa shape index (κ2) is 10.3. The van der Waals surface area contributed by atoms with Crippen molar-refractivity contribution in [2.75, 3.05) is 5.75 Å². The largest absolute Gasteiger partial charge is 0.284 e. The van der Waals surface area contributed by atoms with Crippen molar-refractivity contribution in [3.8, 4) is 0 Å². The van der Waals surface area contributed by atoms with E-state index in [0.717, 1.165) is 19.3 Å². The van der Waals surface area contributed by atoms with E-state index < -0.39 is 0 Å². The van der Waals surface area contributed by atoms with E-state index in [1.165, 1.54) is 18.7 Å². The lowest BCUT2D eigenvalue weighted by atomic mass is 10.0. The van der Waals surface area contributed by atoms with Gasteiger partial charge in [0.2, 0.25) is 11.8 Å². The molecule has 2 rings (SSSR count). The summed E-state index contributed by atoms with van der Waals surface area (Å²) in [5, 5.41) is 1.09. The molecule has 7 nitrogen and oxygen atoms in total. The van der Waals surface area contributed by atoms with E-state index in [-0.39, 0.29) is 29.2 Å². The van der Waals surface area contributed by atoms with Crippen molar-refractivity contribution in [1.82, 2.24) is 20.4 Å². The van der Waals surface area contributed by atoms with E-state index in [1.807, 2.05) is 19.1 Å². The topological polar surface area (TPSA) is 93.1 Å². The van der Waals surface area contributed by atoms with Crippen LogP contribution >= 0.6 is 11.8 Å². The van der Waals surface area contributed by atoms with Crippen molar-refractivity contribution in [2.45, 2.75) is 58.2 Å². The smallest absolute Gasteiger partial charge is 0.262 e. The Hall–Kier alpha value is -2.35. The van der Waals surface area contributed by atoms with Crippen molar-refractivity contribution in [3.63, 3.8) is 0 Å². The van der Waals surface area contributed by atoms with Crippen LogP contribution in [0.5, 0.6) is 0 Å². The van der Waals surface area contributed by atoms with Gasteiger partial charge in [0.05, 0.1) is 16.7 Å². The summed E-state index contributed by atoms with van der Waals surface area (Å²) in [6.07, 6.45) is 2.98. The Labute approximate surface area is 169 Å². The van der Waals surface area contributed by atoms with E-state index in [0.29, 0.717) is 22.0 Å². The van der Waals surface area contributed by atoms with Crippen LogP contribution < -0.4 is 16.4 Å². The van der Waals surface area contributed by atoms with Crippen molar-refractivity contribution < 1.29 is 9.59 Å². The molecule has 0 bridgehead atoms. The highest BCUT2D eigenvalue weighted by Gasteiger charge is 2.17. The van der Waals surface area contributed by atoms with Crippen molar-refractivity contribution in [3.05, 3.63) is 34.6 Å². The molecule has 0 aliphatic heterocycles. The molecule has 1 atom stereocenters. The first-order valence-electron chi connectivity index (χ1n) is 9.49. The summed E-state index contributed by atoms with van der Waals surface area (Å²) >= 11 is 1.19. The van der Waals surface area contributed by atoms with Crippen LogP contribution in [-0.2, 0) is 9.59 Å². The predicted molar refractivity (Wildman–Crippen MR) is 112 cm³/mol. The molecule has 0 radical (unpaired) electrons. The molecular weight excluding hydrogens is 376 g/mol. The van der Waals surface area contributed by atoms with E-state index >= 15 is 0 Å². The third-order valence-electron chi connectivity index (χ3n) is 4.33. The molecule has 0 unspecified atom stereocenters. The van der Waals surface area contributed by atoms with Gasteiger partial charge in [-0.15, -0.1) is 0 Å². The number of rotatable bonds is 8. The summed E-state index contributed by atoms with van der Waals surface area (Å²) in [5.74, 6) is -0.0477. The van der Waals surface area contributed by atoms with Gasteiger partial charge in [0.25, 0.3) is 5.56 Å². The van der Waals surface area contributed by atoms with E-state index in [9.17, 15) is 14.4 Å². The Bertz CT molecular complexity index is 895. The van der Waals surface area contributed by atoms with Crippen LogP contribution in [0.4, 0.5) is 0 Å². The SMILES string of the molecule is CC(=O)NNC(=O)CSc1nc2ccccc2c(=O)n1[C@H](C)CCCC(C)C. The maximum atomic E-state index is 13.1. The fourth-order valence-corrected chi connectivity index (χ4v) is 3.79. The number of benzene rings is 1. The number of aromatic nitrogens is 2. The lowest BCUT2D eigenvalue weighted by molar-refractivity contribution is -0.126. The molecule has 0 aliphatic carbocycles. The Balaban J connectivity index is 2.27.